The zero-order valence-electron chi connectivity index (χ0n) is 16.4. The van der Waals surface area contributed by atoms with Crippen molar-refractivity contribution in [2.24, 2.45) is 16.7 Å². The maximum Gasteiger partial charge on any atom is 0.416 e. The molecule has 0 amide bonds. The number of halogens is 3. The highest BCUT2D eigenvalue weighted by Gasteiger charge is 2.29. The minimum Gasteiger partial charge on any atom is -0.400 e. The Morgan fingerprint density at radius 3 is 2.21 bits per heavy atom. The van der Waals surface area contributed by atoms with Crippen LogP contribution in [0.4, 0.5) is 24.5 Å². The van der Waals surface area contributed by atoms with Gasteiger partial charge in [-0.25, -0.2) is 11.0 Å². The molecule has 0 spiro atoms. The Balaban J connectivity index is 0.00000184. The van der Waals surface area contributed by atoms with Crippen molar-refractivity contribution < 1.29 is 23.1 Å². The first-order chi connectivity index (χ1) is 13.8. The smallest absolute Gasteiger partial charge is 0.400 e. The molecule has 2 aromatic carbocycles. The average molecular weight is 413 g/mol. The molecule has 160 valence electrons. The fraction of sp³-hybridized carbons (Fsp3) is 0.263. The molecule has 0 atom stereocenters. The Labute approximate surface area is 167 Å². The number of nitrogens with one attached hydrogen (secondary N) is 1. The summed E-state index contributed by atoms with van der Waals surface area (Å²) < 4.78 is 37.8. The number of amidine groups is 1. The minimum atomic E-state index is -4.39. The fourth-order valence-corrected chi connectivity index (χ4v) is 2.02. The van der Waals surface area contributed by atoms with Crippen LogP contribution in [0.15, 0.2) is 53.6 Å². The van der Waals surface area contributed by atoms with E-state index in [4.69, 9.17) is 16.7 Å². The number of aliphatic hydroxyl groups is 1. The van der Waals surface area contributed by atoms with E-state index in [-0.39, 0.29) is 12.4 Å². The lowest BCUT2D eigenvalue weighted by Gasteiger charge is -2.14. The number of hydrazine groups is 1. The number of aldehydes is 1. The van der Waals surface area contributed by atoms with Gasteiger partial charge in [-0.1, -0.05) is 26.0 Å². The number of nitrogens with two attached hydrogens (primary N) is 2. The highest BCUT2D eigenvalue weighted by Crippen LogP contribution is 2.30. The van der Waals surface area contributed by atoms with Crippen LogP contribution in [0.5, 0.6) is 0 Å². The Morgan fingerprint density at radius 1 is 1.14 bits per heavy atom. The predicted molar refractivity (Wildman–Crippen MR) is 108 cm³/mol. The Hall–Kier alpha value is -3.11. The molecule has 0 bridgehead atoms. The van der Waals surface area contributed by atoms with Gasteiger partial charge in [0.25, 0.3) is 0 Å². The number of aliphatic hydroxyl groups excluding tert-OH is 1. The maximum atomic E-state index is 12.6. The number of hydrazone groups is 1. The zero-order valence-corrected chi connectivity index (χ0v) is 16.4. The van der Waals surface area contributed by atoms with E-state index in [1.165, 1.54) is 12.1 Å². The zero-order chi connectivity index (χ0) is 22.4. The number of hydrogen-bond acceptors (Lipinski definition) is 6. The molecule has 0 unspecified atom stereocenters. The molecule has 29 heavy (non-hydrogen) atoms. The standard InChI is InChI=1S/C16H16F3N5O.C2H6.CH4O/c17-16(18,19)11-5-7-12(8-6-11)22-14-4-2-1-3-13(14)15(20)23-24(21)9-10-25;2*1-2/h1-8,10,22H,9,21H2,(H2,20,23);1-2H3;2H,1H3. The van der Waals surface area contributed by atoms with Gasteiger partial charge in [0.15, 0.2) is 5.84 Å². The summed E-state index contributed by atoms with van der Waals surface area (Å²) in [5.41, 5.74) is 6.62. The molecule has 7 nitrogen and oxygen atoms in total. The second kappa shape index (κ2) is 13.1. The van der Waals surface area contributed by atoms with E-state index in [9.17, 15) is 18.0 Å². The lowest BCUT2D eigenvalue weighted by molar-refractivity contribution is -0.137. The fourth-order valence-electron chi connectivity index (χ4n) is 2.02. The lowest BCUT2D eigenvalue weighted by Crippen LogP contribution is -2.31. The van der Waals surface area contributed by atoms with Crippen molar-refractivity contribution in [3.8, 4) is 0 Å². The monoisotopic (exact) mass is 413 g/mol. The van der Waals surface area contributed by atoms with E-state index in [1.54, 1.807) is 24.3 Å². The number of anilines is 2. The molecule has 2 rings (SSSR count). The molecule has 0 saturated carbocycles. The lowest BCUT2D eigenvalue weighted by atomic mass is 10.1. The third-order valence-corrected chi connectivity index (χ3v) is 3.19. The van der Waals surface area contributed by atoms with Crippen LogP contribution in [0.1, 0.15) is 25.0 Å². The van der Waals surface area contributed by atoms with Crippen LogP contribution in [0.3, 0.4) is 0 Å². The van der Waals surface area contributed by atoms with Crippen molar-refractivity contribution in [1.82, 2.24) is 5.12 Å². The molecular formula is C19H26F3N5O2. The summed E-state index contributed by atoms with van der Waals surface area (Å²) in [5.74, 6) is 5.55. The van der Waals surface area contributed by atoms with E-state index in [2.05, 4.69) is 10.4 Å². The quantitative estimate of drug-likeness (QED) is 0.190. The maximum absolute atomic E-state index is 12.6. The first kappa shape index (κ1) is 25.9. The Bertz CT molecular complexity index is 765. The number of para-hydroxylation sites is 1. The molecule has 0 aliphatic heterocycles. The van der Waals surface area contributed by atoms with E-state index >= 15 is 0 Å². The van der Waals surface area contributed by atoms with Gasteiger partial charge in [-0.05, 0) is 36.4 Å². The van der Waals surface area contributed by atoms with Crippen molar-refractivity contribution in [3.05, 3.63) is 59.7 Å². The molecule has 0 saturated heterocycles. The Kier molecular flexibility index (Phi) is 11.7. The highest BCUT2D eigenvalue weighted by molar-refractivity contribution is 6.02. The number of alkyl halides is 3. The summed E-state index contributed by atoms with van der Waals surface area (Å²) in [6.07, 6.45) is -3.82. The van der Waals surface area contributed by atoms with Crippen LogP contribution in [0, 0.1) is 0 Å². The molecule has 0 fully saturated rings. The molecule has 0 heterocycles. The molecule has 10 heteroatoms. The third-order valence-electron chi connectivity index (χ3n) is 3.19. The van der Waals surface area contributed by atoms with Crippen LogP contribution in [0.25, 0.3) is 0 Å². The second-order valence-corrected chi connectivity index (χ2v) is 5.02. The van der Waals surface area contributed by atoms with Crippen LogP contribution < -0.4 is 16.9 Å². The minimum absolute atomic E-state index is 0.0550. The summed E-state index contributed by atoms with van der Waals surface area (Å²) in [7, 11) is 1.00. The van der Waals surface area contributed by atoms with Gasteiger partial charge in [0.05, 0.1) is 5.56 Å². The summed E-state index contributed by atoms with van der Waals surface area (Å²) in [6, 6.07) is 11.4. The van der Waals surface area contributed by atoms with Gasteiger partial charge in [0.1, 0.15) is 12.8 Å². The number of nitrogens with zero attached hydrogens (tertiary/aromatic N) is 2. The number of carbonyl (C=O) groups excluding carboxylic acids is 1. The van der Waals surface area contributed by atoms with Crippen LogP contribution in [-0.2, 0) is 11.0 Å². The first-order valence-corrected chi connectivity index (χ1v) is 8.59. The van der Waals surface area contributed by atoms with E-state index in [0.29, 0.717) is 23.2 Å². The predicted octanol–water partition coefficient (Wildman–Crippen LogP) is 3.08. The van der Waals surface area contributed by atoms with Crippen molar-refractivity contribution >= 4 is 23.5 Å². The SMILES string of the molecule is CC.CO.N/C(=N\N(N)CC=O)c1ccccc1Nc1ccc(C(F)(F)F)cc1. The summed E-state index contributed by atoms with van der Waals surface area (Å²) in [4.78, 5) is 10.4. The van der Waals surface area contributed by atoms with Gasteiger partial charge in [0.2, 0.25) is 0 Å². The van der Waals surface area contributed by atoms with Gasteiger partial charge in [-0.3, -0.25) is 0 Å². The molecule has 2 aromatic rings. The summed E-state index contributed by atoms with van der Waals surface area (Å²) in [5, 5.41) is 14.7. The van der Waals surface area contributed by atoms with Gasteiger partial charge in [-0.2, -0.15) is 13.2 Å². The number of carbonyl (C=O) groups is 1. The van der Waals surface area contributed by atoms with E-state index in [0.717, 1.165) is 24.4 Å². The first-order valence-electron chi connectivity index (χ1n) is 8.59. The Morgan fingerprint density at radius 2 is 1.69 bits per heavy atom. The topological polar surface area (TPSA) is 117 Å². The average Bonchev–Trinajstić information content (AvgIpc) is 2.71. The van der Waals surface area contributed by atoms with Crippen molar-refractivity contribution in [1.29, 1.82) is 0 Å². The second-order valence-electron chi connectivity index (χ2n) is 5.02. The highest BCUT2D eigenvalue weighted by atomic mass is 19.4. The summed E-state index contributed by atoms with van der Waals surface area (Å²) in [6.45, 7) is 3.87. The number of hydrogen-bond donors (Lipinski definition) is 4. The van der Waals surface area contributed by atoms with Crippen LogP contribution in [-0.4, -0.2) is 36.0 Å². The van der Waals surface area contributed by atoms with Crippen molar-refractivity contribution in [3.63, 3.8) is 0 Å². The largest absolute Gasteiger partial charge is 0.416 e. The molecular weight excluding hydrogens is 387 g/mol. The molecule has 0 radical (unpaired) electrons. The third kappa shape index (κ3) is 8.62. The normalized spacial score (nSPS) is 10.7. The van der Waals surface area contributed by atoms with Gasteiger partial charge in [0, 0.05) is 24.0 Å². The molecule has 0 aliphatic rings. The van der Waals surface area contributed by atoms with E-state index in [1.807, 2.05) is 13.8 Å². The van der Waals surface area contributed by atoms with Gasteiger partial charge < -0.3 is 21.0 Å². The molecule has 0 aliphatic carbocycles. The molecule has 0 aromatic heterocycles. The molecule has 6 N–H and O–H groups in total. The van der Waals surface area contributed by atoms with E-state index < -0.39 is 11.7 Å². The van der Waals surface area contributed by atoms with Crippen molar-refractivity contribution in [2.75, 3.05) is 19.0 Å². The van der Waals surface area contributed by atoms with Gasteiger partial charge in [-0.15, -0.1) is 5.10 Å². The van der Waals surface area contributed by atoms with Gasteiger partial charge >= 0.3 is 6.18 Å². The number of benzene rings is 2. The van der Waals surface area contributed by atoms with Crippen LogP contribution >= 0.6 is 0 Å². The van der Waals surface area contributed by atoms with Crippen LogP contribution in [0.2, 0.25) is 0 Å². The summed E-state index contributed by atoms with van der Waals surface area (Å²) >= 11 is 0. The number of rotatable bonds is 6. The van der Waals surface area contributed by atoms with Crippen molar-refractivity contribution in [2.45, 2.75) is 20.0 Å².